The lowest BCUT2D eigenvalue weighted by Gasteiger charge is -2.10. The molecule has 6 nitrogen and oxygen atoms in total. The lowest BCUT2D eigenvalue weighted by Crippen LogP contribution is -2.05. The molecular weight excluding hydrogens is 309 g/mol. The van der Waals surface area contributed by atoms with Crippen LogP contribution >= 0.6 is 23.4 Å². The number of aliphatic hydroxyl groups excluding tert-OH is 1. The summed E-state index contributed by atoms with van der Waals surface area (Å²) >= 11 is 6.89. The van der Waals surface area contributed by atoms with E-state index in [9.17, 15) is 14.3 Å². The van der Waals surface area contributed by atoms with Gasteiger partial charge in [-0.05, 0) is 18.2 Å². The number of rotatable bonds is 5. The minimum atomic E-state index is -1.01. The van der Waals surface area contributed by atoms with Crippen molar-refractivity contribution in [2.24, 2.45) is 0 Å². The Balaban J connectivity index is 2.47. The Labute approximate surface area is 122 Å². The van der Waals surface area contributed by atoms with E-state index in [0.29, 0.717) is 5.69 Å². The van der Waals surface area contributed by atoms with Gasteiger partial charge in [0.15, 0.2) is 11.0 Å². The number of aromatic nitrogens is 3. The Morgan fingerprint density at radius 2 is 2.20 bits per heavy atom. The topological polar surface area (TPSA) is 88.2 Å². The van der Waals surface area contributed by atoms with Gasteiger partial charge in [-0.3, -0.25) is 9.36 Å². The van der Waals surface area contributed by atoms with Crippen LogP contribution in [0.25, 0.3) is 5.69 Å². The molecule has 0 unspecified atom stereocenters. The predicted molar refractivity (Wildman–Crippen MR) is 70.6 cm³/mol. The number of hydrogen-bond acceptors (Lipinski definition) is 5. The van der Waals surface area contributed by atoms with Gasteiger partial charge >= 0.3 is 5.97 Å². The number of halogens is 2. The Morgan fingerprint density at radius 1 is 1.45 bits per heavy atom. The van der Waals surface area contributed by atoms with Gasteiger partial charge in [-0.15, -0.1) is 10.2 Å². The monoisotopic (exact) mass is 317 g/mol. The molecule has 0 saturated heterocycles. The molecule has 0 aliphatic rings. The first-order valence-electron chi connectivity index (χ1n) is 5.38. The fourth-order valence-electron chi connectivity index (χ4n) is 1.53. The minimum absolute atomic E-state index is 0.108. The molecule has 1 aromatic carbocycles. The third-order valence-corrected chi connectivity index (χ3v) is 3.53. The molecular formula is C11H9ClFN3O3S. The number of carboxylic acids is 1. The van der Waals surface area contributed by atoms with Crippen molar-refractivity contribution < 1.29 is 19.4 Å². The molecule has 9 heteroatoms. The van der Waals surface area contributed by atoms with Crippen molar-refractivity contribution in [3.05, 3.63) is 34.9 Å². The van der Waals surface area contributed by atoms with Crippen molar-refractivity contribution in [1.29, 1.82) is 0 Å². The van der Waals surface area contributed by atoms with Crippen LogP contribution in [-0.2, 0) is 11.4 Å². The third kappa shape index (κ3) is 3.09. The molecule has 0 aliphatic carbocycles. The van der Waals surface area contributed by atoms with Crippen LogP contribution in [0, 0.1) is 5.82 Å². The van der Waals surface area contributed by atoms with E-state index in [4.69, 9.17) is 16.7 Å². The molecule has 1 heterocycles. The van der Waals surface area contributed by atoms with Gasteiger partial charge in [0.25, 0.3) is 0 Å². The highest BCUT2D eigenvalue weighted by atomic mass is 35.5. The Kier molecular flexibility index (Phi) is 4.58. The smallest absolute Gasteiger partial charge is 0.313 e. The summed E-state index contributed by atoms with van der Waals surface area (Å²) in [6.45, 7) is -0.408. The standard InChI is InChI=1S/C11H9ClFN3O3S/c12-7-3-6(13)1-2-8(7)16-9(4-17)14-15-11(16)20-5-10(18)19/h1-3,17H,4-5H2,(H,18,19). The molecule has 0 amide bonds. The number of benzene rings is 1. The summed E-state index contributed by atoms with van der Waals surface area (Å²) in [5, 5.41) is 25.8. The first-order valence-corrected chi connectivity index (χ1v) is 6.74. The van der Waals surface area contributed by atoms with Crippen molar-refractivity contribution in [1.82, 2.24) is 14.8 Å². The van der Waals surface area contributed by atoms with Crippen LogP contribution in [0.15, 0.2) is 23.4 Å². The van der Waals surface area contributed by atoms with Crippen molar-refractivity contribution in [2.45, 2.75) is 11.8 Å². The van der Waals surface area contributed by atoms with E-state index in [1.807, 2.05) is 0 Å². The number of aliphatic carboxylic acids is 1. The molecule has 20 heavy (non-hydrogen) atoms. The fraction of sp³-hybridized carbons (Fsp3) is 0.182. The highest BCUT2D eigenvalue weighted by molar-refractivity contribution is 7.99. The van der Waals surface area contributed by atoms with Crippen LogP contribution < -0.4 is 0 Å². The summed E-state index contributed by atoms with van der Waals surface area (Å²) in [5.41, 5.74) is 0.370. The second-order valence-corrected chi connectivity index (χ2v) is 5.02. The van der Waals surface area contributed by atoms with Crippen LogP contribution in [-0.4, -0.2) is 36.7 Å². The number of aliphatic hydroxyl groups is 1. The van der Waals surface area contributed by atoms with E-state index in [2.05, 4.69) is 10.2 Å². The van der Waals surface area contributed by atoms with Gasteiger partial charge < -0.3 is 10.2 Å². The van der Waals surface area contributed by atoms with Crippen molar-refractivity contribution in [3.8, 4) is 5.69 Å². The van der Waals surface area contributed by atoms with Crippen LogP contribution in [0.2, 0.25) is 5.02 Å². The SMILES string of the molecule is O=C(O)CSc1nnc(CO)n1-c1ccc(F)cc1Cl. The lowest BCUT2D eigenvalue weighted by molar-refractivity contribution is -0.133. The zero-order valence-corrected chi connectivity index (χ0v) is 11.5. The van der Waals surface area contributed by atoms with Gasteiger partial charge in [0.05, 0.1) is 16.5 Å². The summed E-state index contributed by atoms with van der Waals surface area (Å²) in [6, 6.07) is 3.72. The lowest BCUT2D eigenvalue weighted by atomic mass is 10.3. The van der Waals surface area contributed by atoms with Crippen molar-refractivity contribution in [3.63, 3.8) is 0 Å². The summed E-state index contributed by atoms with van der Waals surface area (Å²) < 4.78 is 14.5. The van der Waals surface area contributed by atoms with Crippen LogP contribution in [0.4, 0.5) is 4.39 Å². The molecule has 2 rings (SSSR count). The molecule has 0 aliphatic heterocycles. The number of thioether (sulfide) groups is 1. The number of nitrogens with zero attached hydrogens (tertiary/aromatic N) is 3. The number of carbonyl (C=O) groups is 1. The normalized spacial score (nSPS) is 10.8. The molecule has 0 radical (unpaired) electrons. The van der Waals surface area contributed by atoms with Crippen LogP contribution in [0.3, 0.4) is 0 Å². The third-order valence-electron chi connectivity index (χ3n) is 2.32. The minimum Gasteiger partial charge on any atom is -0.481 e. The van der Waals surface area contributed by atoms with Gasteiger partial charge in [-0.1, -0.05) is 23.4 Å². The molecule has 0 spiro atoms. The molecule has 0 saturated carbocycles. The second-order valence-electron chi connectivity index (χ2n) is 3.67. The molecule has 0 bridgehead atoms. The quantitative estimate of drug-likeness (QED) is 0.816. The average Bonchev–Trinajstić information content (AvgIpc) is 2.79. The molecule has 2 aromatic rings. The van der Waals surface area contributed by atoms with E-state index in [0.717, 1.165) is 17.8 Å². The number of hydrogen-bond donors (Lipinski definition) is 2. The van der Waals surface area contributed by atoms with E-state index >= 15 is 0 Å². The zero-order chi connectivity index (χ0) is 14.7. The van der Waals surface area contributed by atoms with E-state index in [1.54, 1.807) is 0 Å². The molecule has 1 aromatic heterocycles. The summed E-state index contributed by atoms with van der Waals surface area (Å²) in [6.07, 6.45) is 0. The fourth-order valence-corrected chi connectivity index (χ4v) is 2.46. The molecule has 2 N–H and O–H groups in total. The molecule has 106 valence electrons. The maximum atomic E-state index is 13.1. The van der Waals surface area contributed by atoms with Gasteiger partial charge in [0, 0.05) is 0 Å². The zero-order valence-electron chi connectivity index (χ0n) is 9.95. The Hall–Kier alpha value is -1.64. The largest absolute Gasteiger partial charge is 0.481 e. The Morgan fingerprint density at radius 3 is 2.80 bits per heavy atom. The van der Waals surface area contributed by atoms with Crippen molar-refractivity contribution >= 4 is 29.3 Å². The summed E-state index contributed by atoms with van der Waals surface area (Å²) in [5.74, 6) is -1.55. The van der Waals surface area contributed by atoms with Gasteiger partial charge in [-0.2, -0.15) is 0 Å². The summed E-state index contributed by atoms with van der Waals surface area (Å²) in [7, 11) is 0. The maximum absolute atomic E-state index is 13.1. The van der Waals surface area contributed by atoms with Gasteiger partial charge in [-0.25, -0.2) is 4.39 Å². The maximum Gasteiger partial charge on any atom is 0.313 e. The van der Waals surface area contributed by atoms with E-state index in [-0.39, 0.29) is 21.8 Å². The van der Waals surface area contributed by atoms with Gasteiger partial charge in [0.2, 0.25) is 0 Å². The second kappa shape index (κ2) is 6.21. The van der Waals surface area contributed by atoms with E-state index < -0.39 is 18.4 Å². The summed E-state index contributed by atoms with van der Waals surface area (Å²) in [4.78, 5) is 10.6. The van der Waals surface area contributed by atoms with Crippen LogP contribution in [0.1, 0.15) is 5.82 Å². The molecule has 0 fully saturated rings. The highest BCUT2D eigenvalue weighted by Gasteiger charge is 2.17. The molecule has 0 atom stereocenters. The Bertz CT molecular complexity index is 650. The first-order chi connectivity index (χ1) is 9.52. The predicted octanol–water partition coefficient (Wildman–Crippen LogP) is 1.73. The van der Waals surface area contributed by atoms with Crippen LogP contribution in [0.5, 0.6) is 0 Å². The van der Waals surface area contributed by atoms with Crippen molar-refractivity contribution in [2.75, 3.05) is 5.75 Å². The van der Waals surface area contributed by atoms with E-state index in [1.165, 1.54) is 16.7 Å². The first kappa shape index (κ1) is 14.8. The number of carboxylic acid groups (broad SMARTS) is 1. The average molecular weight is 318 g/mol. The highest BCUT2D eigenvalue weighted by Crippen LogP contribution is 2.27. The van der Waals surface area contributed by atoms with Gasteiger partial charge in [0.1, 0.15) is 12.4 Å².